The molecule has 1 atom stereocenters. The lowest BCUT2D eigenvalue weighted by Crippen LogP contribution is -2.53. The first-order chi connectivity index (χ1) is 11.9. The molecule has 4 nitrogen and oxygen atoms in total. The maximum Gasteiger partial charge on any atom is 0.259 e. The van der Waals surface area contributed by atoms with Crippen molar-refractivity contribution in [2.75, 3.05) is 6.54 Å². The number of aryl methyl sites for hydroxylation is 1. The average molecular weight is 338 g/mol. The summed E-state index contributed by atoms with van der Waals surface area (Å²) in [6.45, 7) is 6.87. The van der Waals surface area contributed by atoms with E-state index in [1.807, 2.05) is 30.0 Å². The van der Waals surface area contributed by atoms with Crippen LogP contribution in [0, 0.1) is 12.8 Å². The molecular weight excluding hydrogens is 312 g/mol. The van der Waals surface area contributed by atoms with Gasteiger partial charge in [0.05, 0.1) is 0 Å². The summed E-state index contributed by atoms with van der Waals surface area (Å²) in [6, 6.07) is 11.8. The molecule has 132 valence electrons. The molecule has 1 fully saturated rings. The zero-order chi connectivity index (χ0) is 18.0. The Morgan fingerprint density at radius 1 is 1.28 bits per heavy atom. The van der Waals surface area contributed by atoms with Gasteiger partial charge in [-0.2, -0.15) is 0 Å². The summed E-state index contributed by atoms with van der Waals surface area (Å²) in [5.74, 6) is 0.159. The van der Waals surface area contributed by atoms with Gasteiger partial charge in [-0.15, -0.1) is 0 Å². The molecule has 1 N–H and O–H groups in total. The summed E-state index contributed by atoms with van der Waals surface area (Å²) >= 11 is 0. The maximum absolute atomic E-state index is 13.2. The number of H-pyrrole nitrogens is 1. The number of benzene rings is 1. The highest BCUT2D eigenvalue weighted by atomic mass is 16.2. The number of aromatic nitrogens is 1. The van der Waals surface area contributed by atoms with Crippen molar-refractivity contribution in [2.45, 2.75) is 45.6 Å². The highest BCUT2D eigenvalue weighted by molar-refractivity contribution is 5.94. The molecular formula is C21H26N2O2. The number of amides is 1. The quantitative estimate of drug-likeness (QED) is 0.927. The third kappa shape index (κ3) is 3.26. The Kier molecular flexibility index (Phi) is 4.80. The van der Waals surface area contributed by atoms with Crippen molar-refractivity contribution in [1.82, 2.24) is 9.88 Å². The molecule has 3 rings (SSSR count). The van der Waals surface area contributed by atoms with E-state index < -0.39 is 0 Å². The molecule has 1 aliphatic rings. The first-order valence-electron chi connectivity index (χ1n) is 8.99. The predicted octanol–water partition coefficient (Wildman–Crippen LogP) is 3.56. The zero-order valence-electron chi connectivity index (χ0n) is 15.2. The van der Waals surface area contributed by atoms with Crippen molar-refractivity contribution in [2.24, 2.45) is 5.92 Å². The molecule has 1 aromatic carbocycles. The van der Waals surface area contributed by atoms with Crippen molar-refractivity contribution in [3.63, 3.8) is 0 Å². The van der Waals surface area contributed by atoms with E-state index in [1.165, 1.54) is 11.6 Å². The summed E-state index contributed by atoms with van der Waals surface area (Å²) in [5.41, 5.74) is 1.79. The Hall–Kier alpha value is -2.36. The molecule has 1 saturated heterocycles. The topological polar surface area (TPSA) is 53.2 Å². The molecule has 0 spiro atoms. The van der Waals surface area contributed by atoms with Crippen LogP contribution < -0.4 is 5.43 Å². The second-order valence-electron chi connectivity index (χ2n) is 7.37. The van der Waals surface area contributed by atoms with Gasteiger partial charge < -0.3 is 9.88 Å². The van der Waals surface area contributed by atoms with Crippen molar-refractivity contribution in [1.29, 1.82) is 0 Å². The van der Waals surface area contributed by atoms with E-state index >= 15 is 0 Å². The first kappa shape index (κ1) is 17.5. The van der Waals surface area contributed by atoms with Gasteiger partial charge >= 0.3 is 0 Å². The number of likely N-dealkylation sites (tertiary alicyclic amines) is 1. The fraction of sp³-hybridized carbons (Fsp3) is 0.429. The zero-order valence-corrected chi connectivity index (χ0v) is 15.2. The third-order valence-electron chi connectivity index (χ3n) is 5.49. The van der Waals surface area contributed by atoms with Gasteiger partial charge in [0, 0.05) is 30.0 Å². The summed E-state index contributed by atoms with van der Waals surface area (Å²) < 4.78 is 0. The number of nitrogens with one attached hydrogen (secondary N) is 1. The SMILES string of the molecule is Cc1cc(=O)c(C(=O)N2CCCC2(Cc2ccccc2)C(C)C)c[nH]1. The van der Waals surface area contributed by atoms with Crippen LogP contribution in [0.2, 0.25) is 0 Å². The summed E-state index contributed by atoms with van der Waals surface area (Å²) in [4.78, 5) is 30.5. The van der Waals surface area contributed by atoms with Gasteiger partial charge in [0.1, 0.15) is 5.56 Å². The minimum absolute atomic E-state index is 0.150. The second-order valence-corrected chi connectivity index (χ2v) is 7.37. The average Bonchev–Trinajstić information content (AvgIpc) is 3.00. The van der Waals surface area contributed by atoms with Crippen LogP contribution in [-0.4, -0.2) is 27.9 Å². The van der Waals surface area contributed by atoms with Gasteiger partial charge in [-0.1, -0.05) is 44.2 Å². The lowest BCUT2D eigenvalue weighted by Gasteiger charge is -2.42. The lowest BCUT2D eigenvalue weighted by atomic mass is 9.78. The number of hydrogen-bond acceptors (Lipinski definition) is 2. The fourth-order valence-corrected chi connectivity index (χ4v) is 4.03. The smallest absolute Gasteiger partial charge is 0.259 e. The van der Waals surface area contributed by atoms with Gasteiger partial charge in [0.25, 0.3) is 5.91 Å². The van der Waals surface area contributed by atoms with Crippen LogP contribution in [0.3, 0.4) is 0 Å². The minimum Gasteiger partial charge on any atom is -0.364 e. The molecule has 0 radical (unpaired) electrons. The van der Waals surface area contributed by atoms with Crippen LogP contribution in [0.25, 0.3) is 0 Å². The molecule has 25 heavy (non-hydrogen) atoms. The van der Waals surface area contributed by atoms with Gasteiger partial charge in [-0.3, -0.25) is 9.59 Å². The van der Waals surface area contributed by atoms with Gasteiger partial charge in [0.2, 0.25) is 0 Å². The van der Waals surface area contributed by atoms with Crippen LogP contribution in [-0.2, 0) is 6.42 Å². The van der Waals surface area contributed by atoms with E-state index in [-0.39, 0.29) is 22.4 Å². The van der Waals surface area contributed by atoms with Gasteiger partial charge in [0.15, 0.2) is 5.43 Å². The summed E-state index contributed by atoms with van der Waals surface area (Å²) in [7, 11) is 0. The largest absolute Gasteiger partial charge is 0.364 e. The first-order valence-corrected chi connectivity index (χ1v) is 8.99. The molecule has 1 aliphatic heterocycles. The molecule has 0 saturated carbocycles. The number of nitrogens with zero attached hydrogens (tertiary/aromatic N) is 1. The molecule has 2 heterocycles. The second kappa shape index (κ2) is 6.87. The molecule has 1 amide bonds. The maximum atomic E-state index is 13.2. The van der Waals surface area contributed by atoms with E-state index in [0.717, 1.165) is 25.0 Å². The fourth-order valence-electron chi connectivity index (χ4n) is 4.03. The Labute approximate surface area is 148 Å². The van der Waals surface area contributed by atoms with Crippen LogP contribution in [0.5, 0.6) is 0 Å². The molecule has 4 heteroatoms. The Balaban J connectivity index is 1.98. The number of aromatic amines is 1. The van der Waals surface area contributed by atoms with Crippen molar-refractivity contribution >= 4 is 5.91 Å². The van der Waals surface area contributed by atoms with Crippen molar-refractivity contribution < 1.29 is 4.79 Å². The summed E-state index contributed by atoms with van der Waals surface area (Å²) in [6.07, 6.45) is 4.32. The Morgan fingerprint density at radius 3 is 2.64 bits per heavy atom. The van der Waals surface area contributed by atoms with Crippen LogP contribution in [0.1, 0.15) is 48.3 Å². The van der Waals surface area contributed by atoms with E-state index in [2.05, 4.69) is 31.0 Å². The predicted molar refractivity (Wildman–Crippen MR) is 99.8 cm³/mol. The Bertz CT molecular complexity index is 810. The Morgan fingerprint density at radius 2 is 2.00 bits per heavy atom. The van der Waals surface area contributed by atoms with E-state index in [0.29, 0.717) is 12.5 Å². The van der Waals surface area contributed by atoms with Crippen LogP contribution >= 0.6 is 0 Å². The normalized spacial score (nSPS) is 20.2. The standard InChI is InChI=1S/C21H26N2O2/c1-15(2)21(13-17-8-5-4-6-9-17)10-7-11-23(21)20(25)18-14-22-16(3)12-19(18)24/h4-6,8-9,12,14-15H,7,10-11,13H2,1-3H3,(H,22,24). The molecule has 1 unspecified atom stereocenters. The monoisotopic (exact) mass is 338 g/mol. The van der Waals surface area contributed by atoms with Crippen molar-refractivity contribution in [3.05, 3.63) is 69.6 Å². The summed E-state index contributed by atoms with van der Waals surface area (Å²) in [5, 5.41) is 0. The van der Waals surface area contributed by atoms with Gasteiger partial charge in [-0.25, -0.2) is 0 Å². The lowest BCUT2D eigenvalue weighted by molar-refractivity contribution is 0.0475. The number of pyridine rings is 1. The number of carbonyl (C=O) groups excluding carboxylic acids is 1. The highest BCUT2D eigenvalue weighted by Crippen LogP contribution is 2.39. The number of carbonyl (C=O) groups is 1. The number of hydrogen-bond donors (Lipinski definition) is 1. The minimum atomic E-state index is -0.240. The molecule has 0 bridgehead atoms. The van der Waals surface area contributed by atoms with Crippen LogP contribution in [0.4, 0.5) is 0 Å². The molecule has 0 aliphatic carbocycles. The van der Waals surface area contributed by atoms with E-state index in [9.17, 15) is 9.59 Å². The van der Waals surface area contributed by atoms with Crippen LogP contribution in [0.15, 0.2) is 47.4 Å². The number of rotatable bonds is 4. The van der Waals surface area contributed by atoms with E-state index in [4.69, 9.17) is 0 Å². The molecule has 1 aromatic heterocycles. The van der Waals surface area contributed by atoms with Gasteiger partial charge in [-0.05, 0) is 37.7 Å². The third-order valence-corrected chi connectivity index (χ3v) is 5.49. The molecule has 2 aromatic rings. The van der Waals surface area contributed by atoms with E-state index in [1.54, 1.807) is 6.20 Å². The van der Waals surface area contributed by atoms with Crippen molar-refractivity contribution in [3.8, 4) is 0 Å². The highest BCUT2D eigenvalue weighted by Gasteiger charge is 2.46.